The second-order valence-electron chi connectivity index (χ2n) is 10.4. The Morgan fingerprint density at radius 1 is 1.24 bits per heavy atom. The van der Waals surface area contributed by atoms with Gasteiger partial charge in [0.1, 0.15) is 12.4 Å². The van der Waals surface area contributed by atoms with Gasteiger partial charge in [-0.25, -0.2) is 14.3 Å². The Balaban J connectivity index is 1.70. The van der Waals surface area contributed by atoms with E-state index >= 15 is 0 Å². The molecule has 0 saturated carbocycles. The maximum atomic E-state index is 14.4. The van der Waals surface area contributed by atoms with Crippen LogP contribution in [0.15, 0.2) is 47.2 Å². The zero-order valence-electron chi connectivity index (χ0n) is 21.8. The Bertz CT molecular complexity index is 1180. The van der Waals surface area contributed by atoms with Crippen molar-refractivity contribution in [1.82, 2.24) is 9.80 Å². The summed E-state index contributed by atoms with van der Waals surface area (Å²) in [4.78, 5) is 3.85. The van der Waals surface area contributed by atoms with E-state index in [4.69, 9.17) is 21.9 Å². The quantitative estimate of drug-likeness (QED) is 0.209. The molecule has 2 atom stereocenters. The van der Waals surface area contributed by atoms with Crippen molar-refractivity contribution in [2.75, 3.05) is 39.5 Å². The lowest BCUT2D eigenvalue weighted by atomic mass is 9.84. The molecule has 0 amide bonds. The lowest BCUT2D eigenvalue weighted by molar-refractivity contribution is -0.0357. The predicted octanol–water partition coefficient (Wildman–Crippen LogP) is 7.77. The van der Waals surface area contributed by atoms with Gasteiger partial charge in [-0.2, -0.15) is 5.11 Å². The average Bonchev–Trinajstić information content (AvgIpc) is 2.81. The van der Waals surface area contributed by atoms with Crippen molar-refractivity contribution in [3.8, 4) is 5.75 Å². The summed E-state index contributed by atoms with van der Waals surface area (Å²) in [7, 11) is 0. The van der Waals surface area contributed by atoms with Crippen LogP contribution < -0.4 is 4.74 Å². The molecule has 4 rings (SSSR count). The average molecular weight is 661 g/mol. The standard InChI is InChI=1S/C28H33ClF3IN4O/c1-17-6-4-5-7-21(17)22-10-18(2)37(16-28(3,31)32)27(26(22)35-34)25-23(29)11-20(12-24(25)33)38-9-8-36-14-19(13-30)15-36/h4-7,11-12,18-19,27,34H,8-10,13-16H2,1-3H3/t18-,27-/m1/s1. The summed E-state index contributed by atoms with van der Waals surface area (Å²) in [6, 6.07) is 10.5. The highest BCUT2D eigenvalue weighted by molar-refractivity contribution is 14.1. The fourth-order valence-electron chi connectivity index (χ4n) is 5.41. The van der Waals surface area contributed by atoms with Crippen LogP contribution in [0, 0.1) is 21.9 Å². The molecule has 0 bridgehead atoms. The summed E-state index contributed by atoms with van der Waals surface area (Å²) in [6.45, 7) is 6.66. The number of benzene rings is 2. The Hall–Kier alpha value is -1.69. The van der Waals surface area contributed by atoms with Crippen LogP contribution in [-0.2, 0) is 0 Å². The first kappa shape index (κ1) is 29.3. The smallest absolute Gasteiger partial charge is 0.257 e. The summed E-state index contributed by atoms with van der Waals surface area (Å²) >= 11 is 9.00. The number of aryl methyl sites for hydroxylation is 1. The van der Waals surface area contributed by atoms with Crippen LogP contribution in [0.5, 0.6) is 5.75 Å². The van der Waals surface area contributed by atoms with E-state index in [1.807, 2.05) is 44.2 Å². The fourth-order valence-corrected chi connectivity index (χ4v) is 6.77. The second kappa shape index (κ2) is 12.2. The van der Waals surface area contributed by atoms with Gasteiger partial charge in [-0.1, -0.05) is 35.9 Å². The molecule has 2 aliphatic rings. The van der Waals surface area contributed by atoms with Gasteiger partial charge in [-0.3, -0.25) is 14.2 Å². The molecule has 1 fully saturated rings. The molecule has 5 nitrogen and oxygen atoms in total. The zero-order valence-corrected chi connectivity index (χ0v) is 24.7. The second-order valence-corrected chi connectivity index (χ2v) is 12.0. The maximum absolute atomic E-state index is 14.4. The van der Waals surface area contributed by atoms with Crippen LogP contribution >= 0.6 is 34.2 Å². The lowest BCUT2D eigenvalue weighted by Crippen LogP contribution is -2.49. The van der Waals surface area contributed by atoms with Gasteiger partial charge in [0.2, 0.25) is 0 Å². The van der Waals surface area contributed by atoms with Crippen LogP contribution in [0.2, 0.25) is 5.02 Å². The first-order valence-electron chi connectivity index (χ1n) is 12.7. The van der Waals surface area contributed by atoms with Gasteiger partial charge in [0.05, 0.1) is 30.0 Å². The van der Waals surface area contributed by atoms with Crippen molar-refractivity contribution < 1.29 is 17.9 Å². The van der Waals surface area contributed by atoms with E-state index < -0.39 is 18.5 Å². The van der Waals surface area contributed by atoms with Gasteiger partial charge in [-0.15, -0.1) is 0 Å². The van der Waals surface area contributed by atoms with Crippen LogP contribution in [0.1, 0.15) is 43.0 Å². The van der Waals surface area contributed by atoms with Gasteiger partial charge < -0.3 is 4.74 Å². The molecule has 2 aromatic carbocycles. The van der Waals surface area contributed by atoms with E-state index in [-0.39, 0.29) is 18.6 Å². The Kier molecular flexibility index (Phi) is 9.43. The van der Waals surface area contributed by atoms with Gasteiger partial charge in [-0.05, 0) is 71.7 Å². The number of alkyl halides is 3. The highest BCUT2D eigenvalue weighted by Gasteiger charge is 2.42. The van der Waals surface area contributed by atoms with Gasteiger partial charge in [0.15, 0.2) is 0 Å². The minimum atomic E-state index is -2.95. The van der Waals surface area contributed by atoms with E-state index in [1.165, 1.54) is 0 Å². The Labute approximate surface area is 241 Å². The molecule has 1 N–H and O–H groups in total. The Morgan fingerprint density at radius 2 is 1.95 bits per heavy atom. The van der Waals surface area contributed by atoms with Crippen LogP contribution in [-0.4, -0.2) is 61.2 Å². The molecule has 0 radical (unpaired) electrons. The van der Waals surface area contributed by atoms with E-state index in [9.17, 15) is 13.2 Å². The lowest BCUT2D eigenvalue weighted by Gasteiger charge is -2.43. The monoisotopic (exact) mass is 660 g/mol. The number of nitrogens with zero attached hydrogens (tertiary/aromatic N) is 3. The van der Waals surface area contributed by atoms with Gasteiger partial charge >= 0.3 is 0 Å². The molecule has 206 valence electrons. The minimum absolute atomic E-state index is 0.121. The predicted molar refractivity (Wildman–Crippen MR) is 153 cm³/mol. The molecule has 0 aromatic heterocycles. The number of hydrogen-bond acceptors (Lipinski definition) is 5. The molecule has 10 heteroatoms. The van der Waals surface area contributed by atoms with Crippen molar-refractivity contribution in [2.45, 2.75) is 45.2 Å². The molecule has 2 heterocycles. The topological polar surface area (TPSA) is 51.9 Å². The number of hydrogen-bond donors (Lipinski definition) is 1. The highest BCUT2D eigenvalue weighted by Crippen LogP contribution is 2.48. The first-order chi connectivity index (χ1) is 18.0. The zero-order chi connectivity index (χ0) is 27.6. The largest absolute Gasteiger partial charge is 0.492 e. The van der Waals surface area contributed by atoms with Gasteiger partial charge in [0.25, 0.3) is 5.92 Å². The van der Waals surface area contributed by atoms with Gasteiger partial charge in [0, 0.05) is 47.7 Å². The third-order valence-electron chi connectivity index (χ3n) is 7.27. The SMILES string of the molecule is Cc1ccccc1C1=C(N=N)[C@@H](c2c(Cl)cc(OCCN3CC(CF)C3)cc2I)N(CC(C)(F)F)[C@H](C)C1. The van der Waals surface area contributed by atoms with E-state index in [0.29, 0.717) is 41.6 Å². The Morgan fingerprint density at radius 3 is 2.55 bits per heavy atom. The molecule has 38 heavy (non-hydrogen) atoms. The summed E-state index contributed by atoms with van der Waals surface area (Å²) < 4.78 is 48.2. The van der Waals surface area contributed by atoms with Crippen LogP contribution in [0.3, 0.4) is 0 Å². The normalized spacial score (nSPS) is 21.5. The van der Waals surface area contributed by atoms with Crippen molar-refractivity contribution in [3.05, 3.63) is 67.4 Å². The third kappa shape index (κ3) is 6.54. The molecule has 0 unspecified atom stereocenters. The van der Waals surface area contributed by atoms with E-state index in [1.54, 1.807) is 11.0 Å². The molecule has 2 aliphatic heterocycles. The van der Waals surface area contributed by atoms with Crippen molar-refractivity contribution in [3.63, 3.8) is 0 Å². The minimum Gasteiger partial charge on any atom is -0.492 e. The number of halogens is 5. The first-order valence-corrected chi connectivity index (χ1v) is 14.2. The molecular weight excluding hydrogens is 628 g/mol. The van der Waals surface area contributed by atoms with Crippen LogP contribution in [0.25, 0.3) is 5.57 Å². The molecule has 0 spiro atoms. The van der Waals surface area contributed by atoms with E-state index in [0.717, 1.165) is 40.3 Å². The van der Waals surface area contributed by atoms with Crippen molar-refractivity contribution in [2.24, 2.45) is 11.0 Å². The number of nitrogens with one attached hydrogen (secondary N) is 1. The molecule has 2 aromatic rings. The van der Waals surface area contributed by atoms with Crippen LogP contribution in [0.4, 0.5) is 13.2 Å². The number of rotatable bonds is 10. The third-order valence-corrected chi connectivity index (χ3v) is 8.47. The summed E-state index contributed by atoms with van der Waals surface area (Å²) in [5.41, 5.74) is 12.1. The fraction of sp³-hybridized carbons (Fsp3) is 0.500. The number of likely N-dealkylation sites (tertiary alicyclic amines) is 1. The highest BCUT2D eigenvalue weighted by atomic mass is 127. The van der Waals surface area contributed by atoms with Crippen molar-refractivity contribution >= 4 is 39.8 Å². The summed E-state index contributed by atoms with van der Waals surface area (Å²) in [5, 5.41) is 4.32. The summed E-state index contributed by atoms with van der Waals surface area (Å²) in [6.07, 6.45) is 0.490. The number of ether oxygens (including phenoxy) is 1. The summed E-state index contributed by atoms with van der Waals surface area (Å²) in [5.74, 6) is -2.25. The molecule has 1 saturated heterocycles. The molecule has 0 aliphatic carbocycles. The van der Waals surface area contributed by atoms with Crippen molar-refractivity contribution in [1.29, 1.82) is 5.53 Å². The van der Waals surface area contributed by atoms with E-state index in [2.05, 4.69) is 32.6 Å². The maximum Gasteiger partial charge on any atom is 0.257 e. The molecular formula is C28H33ClF3IN4O.